The first-order valence-electron chi connectivity index (χ1n) is 8.54. The lowest BCUT2D eigenvalue weighted by Crippen LogP contribution is -2.22. The Bertz CT molecular complexity index is 1100. The van der Waals surface area contributed by atoms with Gasteiger partial charge in [-0.25, -0.2) is 8.42 Å². The molecule has 144 valence electrons. The van der Waals surface area contributed by atoms with Gasteiger partial charge in [-0.15, -0.1) is 0 Å². The molecule has 0 saturated heterocycles. The Morgan fingerprint density at radius 1 is 0.964 bits per heavy atom. The second-order valence-corrected chi connectivity index (χ2v) is 8.20. The number of amides is 1. The summed E-state index contributed by atoms with van der Waals surface area (Å²) in [4.78, 5) is 12.5. The van der Waals surface area contributed by atoms with Crippen LogP contribution in [0.1, 0.15) is 21.9 Å². The van der Waals surface area contributed by atoms with Gasteiger partial charge in [-0.3, -0.25) is 4.79 Å². The molecule has 2 heterocycles. The van der Waals surface area contributed by atoms with Crippen LogP contribution in [0.3, 0.4) is 0 Å². The van der Waals surface area contributed by atoms with Crippen molar-refractivity contribution in [1.29, 1.82) is 0 Å². The van der Waals surface area contributed by atoms with Crippen molar-refractivity contribution in [3.8, 4) is 11.5 Å². The Labute approximate surface area is 161 Å². The van der Waals surface area contributed by atoms with E-state index < -0.39 is 15.7 Å². The predicted octanol–water partition coefficient (Wildman–Crippen LogP) is 2.91. The summed E-state index contributed by atoms with van der Waals surface area (Å²) in [6.45, 7) is 0.458. The van der Waals surface area contributed by atoms with Crippen molar-refractivity contribution in [1.82, 2.24) is 5.32 Å². The molecule has 1 aliphatic heterocycles. The summed E-state index contributed by atoms with van der Waals surface area (Å²) in [5, 5.41) is 2.74. The van der Waals surface area contributed by atoms with E-state index in [0.717, 1.165) is 5.56 Å². The van der Waals surface area contributed by atoms with Gasteiger partial charge in [0.25, 0.3) is 5.91 Å². The number of fused-ring (bicyclic) bond motifs is 1. The van der Waals surface area contributed by atoms with Gasteiger partial charge in [0.2, 0.25) is 6.79 Å². The highest BCUT2D eigenvalue weighted by molar-refractivity contribution is 7.90. The van der Waals surface area contributed by atoms with Crippen LogP contribution in [0, 0.1) is 0 Å². The molecular weight excluding hydrogens is 382 g/mol. The third-order valence-electron chi connectivity index (χ3n) is 4.21. The van der Waals surface area contributed by atoms with Gasteiger partial charge in [0.1, 0.15) is 11.5 Å². The molecule has 28 heavy (non-hydrogen) atoms. The molecule has 0 atom stereocenters. The number of ether oxygens (including phenoxy) is 2. The van der Waals surface area contributed by atoms with Crippen LogP contribution in [0.2, 0.25) is 0 Å². The third-order valence-corrected chi connectivity index (χ3v) is 5.87. The van der Waals surface area contributed by atoms with E-state index in [2.05, 4.69) is 5.32 Å². The maximum atomic E-state index is 12.4. The first-order valence-corrected chi connectivity index (χ1v) is 10.2. The summed E-state index contributed by atoms with van der Waals surface area (Å²) >= 11 is 0. The summed E-state index contributed by atoms with van der Waals surface area (Å²) in [6, 6.07) is 16.5. The van der Waals surface area contributed by atoms with Crippen molar-refractivity contribution in [2.24, 2.45) is 0 Å². The van der Waals surface area contributed by atoms with Crippen LogP contribution in [-0.4, -0.2) is 21.1 Å². The summed E-state index contributed by atoms with van der Waals surface area (Å²) in [6.07, 6.45) is 0. The molecule has 4 rings (SSSR count). The SMILES string of the molecule is O=C(NCc1ccc2c(c1)OCO2)c1ccc(CS(=O)(=O)c2ccccc2)o1. The van der Waals surface area contributed by atoms with E-state index >= 15 is 0 Å². The van der Waals surface area contributed by atoms with E-state index in [1.165, 1.54) is 24.3 Å². The van der Waals surface area contributed by atoms with Crippen LogP contribution >= 0.6 is 0 Å². The number of hydrogen-bond donors (Lipinski definition) is 1. The van der Waals surface area contributed by atoms with Crippen molar-refractivity contribution in [2.75, 3.05) is 6.79 Å². The first kappa shape index (κ1) is 18.1. The highest BCUT2D eigenvalue weighted by Gasteiger charge is 2.19. The molecular formula is C20H17NO6S. The van der Waals surface area contributed by atoms with Crippen LogP contribution < -0.4 is 14.8 Å². The number of carbonyl (C=O) groups excluding carboxylic acids is 1. The molecule has 1 N–H and O–H groups in total. The van der Waals surface area contributed by atoms with Gasteiger partial charge in [-0.1, -0.05) is 24.3 Å². The molecule has 0 unspecified atom stereocenters. The molecule has 0 radical (unpaired) electrons. The highest BCUT2D eigenvalue weighted by Crippen LogP contribution is 2.32. The van der Waals surface area contributed by atoms with E-state index in [4.69, 9.17) is 13.9 Å². The number of carbonyl (C=O) groups is 1. The molecule has 0 spiro atoms. The largest absolute Gasteiger partial charge is 0.455 e. The Kier molecular flexibility index (Phi) is 4.79. The monoisotopic (exact) mass is 399 g/mol. The van der Waals surface area contributed by atoms with Gasteiger partial charge >= 0.3 is 0 Å². The molecule has 2 aromatic carbocycles. The molecule has 1 aliphatic rings. The average Bonchev–Trinajstić information content (AvgIpc) is 3.35. The predicted molar refractivity (Wildman–Crippen MR) is 99.8 cm³/mol. The minimum Gasteiger partial charge on any atom is -0.455 e. The molecule has 8 heteroatoms. The lowest BCUT2D eigenvalue weighted by Gasteiger charge is -2.05. The molecule has 7 nitrogen and oxygen atoms in total. The first-order chi connectivity index (χ1) is 13.5. The second kappa shape index (κ2) is 7.40. The Hall–Kier alpha value is -3.26. The highest BCUT2D eigenvalue weighted by atomic mass is 32.2. The van der Waals surface area contributed by atoms with Crippen molar-refractivity contribution in [3.63, 3.8) is 0 Å². The van der Waals surface area contributed by atoms with Gasteiger partial charge in [0.05, 0.1) is 4.90 Å². The van der Waals surface area contributed by atoms with E-state index in [1.54, 1.807) is 30.3 Å². The fraction of sp³-hybridized carbons (Fsp3) is 0.150. The topological polar surface area (TPSA) is 94.8 Å². The number of hydrogen-bond acceptors (Lipinski definition) is 6. The summed E-state index contributed by atoms with van der Waals surface area (Å²) in [7, 11) is -3.54. The van der Waals surface area contributed by atoms with Gasteiger partial charge < -0.3 is 19.2 Å². The smallest absolute Gasteiger partial charge is 0.287 e. The molecule has 0 fully saturated rings. The molecule has 0 aliphatic carbocycles. The normalized spacial score (nSPS) is 12.7. The number of sulfone groups is 1. The molecule has 0 saturated carbocycles. The Balaban J connectivity index is 1.39. The fourth-order valence-electron chi connectivity index (χ4n) is 2.80. The molecule has 3 aromatic rings. The number of benzene rings is 2. The van der Waals surface area contributed by atoms with Crippen molar-refractivity contribution < 1.29 is 27.1 Å². The van der Waals surface area contributed by atoms with Gasteiger partial charge in [-0.05, 0) is 42.0 Å². The Morgan fingerprint density at radius 2 is 1.75 bits per heavy atom. The van der Waals surface area contributed by atoms with Crippen molar-refractivity contribution in [3.05, 3.63) is 77.7 Å². The zero-order chi connectivity index (χ0) is 19.6. The van der Waals surface area contributed by atoms with Crippen LogP contribution in [0.4, 0.5) is 0 Å². The summed E-state index contributed by atoms with van der Waals surface area (Å²) in [5.74, 6) is 0.826. The minimum atomic E-state index is -3.54. The fourth-order valence-corrected chi connectivity index (χ4v) is 4.06. The Morgan fingerprint density at radius 3 is 2.57 bits per heavy atom. The van der Waals surface area contributed by atoms with Gasteiger partial charge in [-0.2, -0.15) is 0 Å². The number of furan rings is 1. The third kappa shape index (κ3) is 3.86. The quantitative estimate of drug-likeness (QED) is 0.685. The molecule has 1 amide bonds. The van der Waals surface area contributed by atoms with E-state index in [-0.39, 0.29) is 35.5 Å². The van der Waals surface area contributed by atoms with E-state index in [0.29, 0.717) is 11.5 Å². The summed E-state index contributed by atoms with van der Waals surface area (Å²) in [5.41, 5.74) is 0.844. The number of rotatable bonds is 6. The lowest BCUT2D eigenvalue weighted by molar-refractivity contribution is 0.0921. The van der Waals surface area contributed by atoms with Crippen LogP contribution in [-0.2, 0) is 22.1 Å². The minimum absolute atomic E-state index is 0.0546. The lowest BCUT2D eigenvalue weighted by atomic mass is 10.2. The van der Waals surface area contributed by atoms with Gasteiger partial charge in [0.15, 0.2) is 27.1 Å². The second-order valence-electron chi connectivity index (χ2n) is 6.21. The maximum absolute atomic E-state index is 12.4. The van der Waals surface area contributed by atoms with Crippen LogP contribution in [0.25, 0.3) is 0 Å². The van der Waals surface area contributed by atoms with Crippen molar-refractivity contribution in [2.45, 2.75) is 17.2 Å². The van der Waals surface area contributed by atoms with E-state index in [1.807, 2.05) is 6.07 Å². The van der Waals surface area contributed by atoms with Crippen LogP contribution in [0.15, 0.2) is 70.0 Å². The van der Waals surface area contributed by atoms with Crippen LogP contribution in [0.5, 0.6) is 11.5 Å². The average molecular weight is 399 g/mol. The number of nitrogens with one attached hydrogen (secondary N) is 1. The maximum Gasteiger partial charge on any atom is 0.287 e. The molecule has 0 bridgehead atoms. The molecule has 1 aromatic heterocycles. The van der Waals surface area contributed by atoms with E-state index in [9.17, 15) is 13.2 Å². The van der Waals surface area contributed by atoms with Crippen molar-refractivity contribution >= 4 is 15.7 Å². The zero-order valence-electron chi connectivity index (χ0n) is 14.8. The van der Waals surface area contributed by atoms with Gasteiger partial charge in [0, 0.05) is 6.54 Å². The zero-order valence-corrected chi connectivity index (χ0v) is 15.6. The summed E-state index contributed by atoms with van der Waals surface area (Å²) < 4.78 is 40.8. The standard InChI is InChI=1S/C20H17NO6S/c22-20(21-11-14-6-8-17-19(10-14)26-13-25-17)18-9-7-15(27-18)12-28(23,24)16-4-2-1-3-5-16/h1-10H,11-13H2,(H,21,22).